The van der Waals surface area contributed by atoms with Crippen molar-refractivity contribution >= 4 is 17.5 Å². The topological polar surface area (TPSA) is 76.7 Å². The van der Waals surface area contributed by atoms with Crippen molar-refractivity contribution in [3.63, 3.8) is 0 Å². The molecule has 144 valence electrons. The molecular formula is C21H26N2O4. The Bertz CT molecular complexity index is 776. The average molecular weight is 370 g/mol. The van der Waals surface area contributed by atoms with Crippen LogP contribution in [-0.4, -0.2) is 31.6 Å². The lowest BCUT2D eigenvalue weighted by atomic mass is 10.1. The van der Waals surface area contributed by atoms with E-state index in [9.17, 15) is 9.59 Å². The van der Waals surface area contributed by atoms with Gasteiger partial charge in [0.15, 0.2) is 17.6 Å². The first-order valence-electron chi connectivity index (χ1n) is 9.08. The number of ether oxygens (including phenoxy) is 2. The molecule has 2 rings (SSSR count). The Morgan fingerprint density at radius 2 is 1.67 bits per heavy atom. The van der Waals surface area contributed by atoms with Crippen LogP contribution in [0.15, 0.2) is 48.5 Å². The number of amides is 2. The summed E-state index contributed by atoms with van der Waals surface area (Å²) < 4.78 is 11.1. The van der Waals surface area contributed by atoms with Crippen LogP contribution in [0.4, 0.5) is 5.69 Å². The Morgan fingerprint density at radius 3 is 2.33 bits per heavy atom. The summed E-state index contributed by atoms with van der Waals surface area (Å²) in [5.41, 5.74) is 0.879. The van der Waals surface area contributed by atoms with Crippen molar-refractivity contribution in [2.45, 2.75) is 32.8 Å². The Labute approximate surface area is 159 Å². The van der Waals surface area contributed by atoms with E-state index in [1.807, 2.05) is 26.0 Å². The fourth-order valence-corrected chi connectivity index (χ4v) is 2.53. The lowest BCUT2D eigenvalue weighted by molar-refractivity contribution is -0.122. The van der Waals surface area contributed by atoms with Gasteiger partial charge in [0.2, 0.25) is 0 Å². The van der Waals surface area contributed by atoms with Gasteiger partial charge in [-0.2, -0.15) is 0 Å². The van der Waals surface area contributed by atoms with Crippen LogP contribution in [0.2, 0.25) is 0 Å². The third kappa shape index (κ3) is 5.48. The maximum absolute atomic E-state index is 12.7. The van der Waals surface area contributed by atoms with Crippen LogP contribution < -0.4 is 20.1 Å². The zero-order chi connectivity index (χ0) is 19.6. The number of methoxy groups -OCH3 is 1. The summed E-state index contributed by atoms with van der Waals surface area (Å²) in [6.45, 7) is 4.42. The van der Waals surface area contributed by atoms with Crippen molar-refractivity contribution in [2.75, 3.05) is 19.0 Å². The van der Waals surface area contributed by atoms with E-state index in [4.69, 9.17) is 9.47 Å². The molecule has 0 radical (unpaired) electrons. The second-order valence-electron chi connectivity index (χ2n) is 5.96. The molecular weight excluding hydrogens is 344 g/mol. The van der Waals surface area contributed by atoms with Gasteiger partial charge < -0.3 is 20.1 Å². The Morgan fingerprint density at radius 1 is 1.00 bits per heavy atom. The molecule has 0 aliphatic carbocycles. The van der Waals surface area contributed by atoms with Crippen LogP contribution in [0.25, 0.3) is 0 Å². The van der Waals surface area contributed by atoms with E-state index >= 15 is 0 Å². The van der Waals surface area contributed by atoms with Gasteiger partial charge in [0.1, 0.15) is 0 Å². The van der Waals surface area contributed by atoms with Crippen molar-refractivity contribution in [1.82, 2.24) is 5.32 Å². The quantitative estimate of drug-likeness (QED) is 0.707. The fourth-order valence-electron chi connectivity index (χ4n) is 2.53. The van der Waals surface area contributed by atoms with E-state index in [0.29, 0.717) is 35.7 Å². The maximum atomic E-state index is 12.7. The Hall–Kier alpha value is -3.02. The molecule has 0 spiro atoms. The summed E-state index contributed by atoms with van der Waals surface area (Å²) in [5.74, 6) is 0.518. The minimum atomic E-state index is -0.715. The molecule has 1 atom stereocenters. The van der Waals surface area contributed by atoms with Crippen LogP contribution in [0.1, 0.15) is 37.0 Å². The molecule has 0 bridgehead atoms. The number of hydrogen-bond donors (Lipinski definition) is 2. The van der Waals surface area contributed by atoms with Gasteiger partial charge in [-0.1, -0.05) is 38.1 Å². The van der Waals surface area contributed by atoms with Crippen molar-refractivity contribution in [3.05, 3.63) is 54.1 Å². The SMILES string of the molecule is CCCNC(=O)c1ccccc1NC(=O)[C@H](CC)Oc1ccccc1OC. The zero-order valence-corrected chi connectivity index (χ0v) is 16.0. The highest BCUT2D eigenvalue weighted by atomic mass is 16.5. The summed E-state index contributed by atoms with van der Waals surface area (Å²) >= 11 is 0. The van der Waals surface area contributed by atoms with Gasteiger partial charge in [0, 0.05) is 6.54 Å². The van der Waals surface area contributed by atoms with Crippen LogP contribution >= 0.6 is 0 Å². The smallest absolute Gasteiger partial charge is 0.265 e. The lowest BCUT2D eigenvalue weighted by Crippen LogP contribution is -2.33. The molecule has 2 aromatic carbocycles. The van der Waals surface area contributed by atoms with Gasteiger partial charge in [-0.05, 0) is 37.1 Å². The van der Waals surface area contributed by atoms with Crippen LogP contribution in [0, 0.1) is 0 Å². The minimum Gasteiger partial charge on any atom is -0.493 e. The third-order valence-corrected chi connectivity index (χ3v) is 3.97. The first-order chi connectivity index (χ1) is 13.1. The highest BCUT2D eigenvalue weighted by Gasteiger charge is 2.22. The van der Waals surface area contributed by atoms with Gasteiger partial charge in [-0.25, -0.2) is 0 Å². The molecule has 0 saturated carbocycles. The van der Waals surface area contributed by atoms with Gasteiger partial charge in [0.25, 0.3) is 11.8 Å². The third-order valence-electron chi connectivity index (χ3n) is 3.97. The molecule has 0 heterocycles. The summed E-state index contributed by atoms with van der Waals surface area (Å²) in [6.07, 6.45) is 0.590. The van der Waals surface area contributed by atoms with Crippen molar-refractivity contribution < 1.29 is 19.1 Å². The van der Waals surface area contributed by atoms with E-state index in [-0.39, 0.29) is 11.8 Å². The molecule has 0 aliphatic rings. The largest absolute Gasteiger partial charge is 0.493 e. The number of rotatable bonds is 9. The molecule has 27 heavy (non-hydrogen) atoms. The summed E-state index contributed by atoms with van der Waals surface area (Å²) in [6, 6.07) is 14.1. The van der Waals surface area contributed by atoms with E-state index < -0.39 is 6.10 Å². The Kier molecular flexibility index (Phi) is 7.67. The van der Waals surface area contributed by atoms with Crippen LogP contribution in [0.5, 0.6) is 11.5 Å². The standard InChI is InChI=1S/C21H26N2O4/c1-4-14-22-20(24)15-10-6-7-11-16(15)23-21(25)17(5-2)27-19-13-9-8-12-18(19)26-3/h6-13,17H,4-5,14H2,1-3H3,(H,22,24)(H,23,25)/t17-/m0/s1. The second kappa shape index (κ2) is 10.2. The molecule has 6 heteroatoms. The maximum Gasteiger partial charge on any atom is 0.265 e. The van der Waals surface area contributed by atoms with Crippen LogP contribution in [0.3, 0.4) is 0 Å². The van der Waals surface area contributed by atoms with Gasteiger partial charge in [-0.3, -0.25) is 9.59 Å². The number of anilines is 1. The monoisotopic (exact) mass is 370 g/mol. The number of hydrogen-bond acceptors (Lipinski definition) is 4. The number of benzene rings is 2. The molecule has 2 N–H and O–H groups in total. The summed E-state index contributed by atoms with van der Waals surface area (Å²) in [7, 11) is 1.55. The molecule has 2 amide bonds. The van der Waals surface area contributed by atoms with E-state index in [0.717, 1.165) is 6.42 Å². The van der Waals surface area contributed by atoms with E-state index in [1.54, 1.807) is 43.5 Å². The molecule has 6 nitrogen and oxygen atoms in total. The number of para-hydroxylation sites is 3. The van der Waals surface area contributed by atoms with Gasteiger partial charge in [0.05, 0.1) is 18.4 Å². The first-order valence-corrected chi connectivity index (χ1v) is 9.08. The number of carbonyl (C=O) groups is 2. The second-order valence-corrected chi connectivity index (χ2v) is 5.96. The predicted molar refractivity (Wildman–Crippen MR) is 105 cm³/mol. The number of nitrogens with one attached hydrogen (secondary N) is 2. The predicted octanol–water partition coefficient (Wildman–Crippen LogP) is 3.63. The number of carbonyl (C=O) groups excluding carboxylic acids is 2. The van der Waals surface area contributed by atoms with Crippen molar-refractivity contribution in [3.8, 4) is 11.5 Å². The van der Waals surface area contributed by atoms with Crippen LogP contribution in [-0.2, 0) is 4.79 Å². The van der Waals surface area contributed by atoms with Crippen molar-refractivity contribution in [1.29, 1.82) is 0 Å². The molecule has 2 aromatic rings. The van der Waals surface area contributed by atoms with Gasteiger partial charge >= 0.3 is 0 Å². The average Bonchev–Trinajstić information content (AvgIpc) is 2.70. The summed E-state index contributed by atoms with van der Waals surface area (Å²) in [5, 5.41) is 5.63. The van der Waals surface area contributed by atoms with Crippen molar-refractivity contribution in [2.24, 2.45) is 0 Å². The molecule has 0 aromatic heterocycles. The molecule has 0 aliphatic heterocycles. The first kappa shape index (κ1) is 20.3. The molecule has 0 saturated heterocycles. The van der Waals surface area contributed by atoms with E-state index in [2.05, 4.69) is 10.6 Å². The lowest BCUT2D eigenvalue weighted by Gasteiger charge is -2.19. The fraction of sp³-hybridized carbons (Fsp3) is 0.333. The highest BCUT2D eigenvalue weighted by molar-refractivity contribution is 6.04. The molecule has 0 fully saturated rings. The van der Waals surface area contributed by atoms with Gasteiger partial charge in [-0.15, -0.1) is 0 Å². The molecule has 0 unspecified atom stereocenters. The summed E-state index contributed by atoms with van der Waals surface area (Å²) in [4.78, 5) is 25.0. The highest BCUT2D eigenvalue weighted by Crippen LogP contribution is 2.27. The zero-order valence-electron chi connectivity index (χ0n) is 16.0. The Balaban J connectivity index is 2.14. The minimum absolute atomic E-state index is 0.216. The van der Waals surface area contributed by atoms with E-state index in [1.165, 1.54) is 0 Å². The normalized spacial score (nSPS) is 11.4.